The summed E-state index contributed by atoms with van der Waals surface area (Å²) < 4.78 is 51.3. The molecule has 0 radical (unpaired) electrons. The lowest BCUT2D eigenvalue weighted by molar-refractivity contribution is -0.192. The molecule has 1 aliphatic heterocycles. The number of hydrogen-bond acceptors (Lipinski definition) is 5. The Morgan fingerprint density at radius 2 is 1.68 bits per heavy atom. The second kappa shape index (κ2) is 15.2. The molecule has 0 bridgehead atoms. The number of alkyl halides is 3. The summed E-state index contributed by atoms with van der Waals surface area (Å²) in [6.07, 6.45) is -3.29. The van der Waals surface area contributed by atoms with E-state index in [1.165, 1.54) is 19.1 Å². The number of ether oxygens (including phenoxy) is 1. The molecule has 3 amide bonds. The maximum atomic E-state index is 13.8. The van der Waals surface area contributed by atoms with Crippen LogP contribution in [0, 0.1) is 5.82 Å². The summed E-state index contributed by atoms with van der Waals surface area (Å²) in [7, 11) is 2.07. The van der Waals surface area contributed by atoms with Crippen molar-refractivity contribution in [2.24, 2.45) is 0 Å². The largest absolute Gasteiger partial charge is 0.491 e. The number of carbonyl (C=O) groups excluding carboxylic acids is 2. The predicted octanol–water partition coefficient (Wildman–Crippen LogP) is 5.01. The summed E-state index contributed by atoms with van der Waals surface area (Å²) in [5.41, 5.74) is 2.05. The van der Waals surface area contributed by atoms with E-state index in [9.17, 15) is 27.2 Å². The molecule has 1 heterocycles. The number of hydrogen-bond donors (Lipinski definition) is 3. The number of aliphatic carboxylic acids is 1. The van der Waals surface area contributed by atoms with Crippen LogP contribution in [0.1, 0.15) is 44.7 Å². The van der Waals surface area contributed by atoms with Gasteiger partial charge in [0.05, 0.1) is 6.10 Å². The number of piperidine rings is 1. The number of carbonyl (C=O) groups is 3. The summed E-state index contributed by atoms with van der Waals surface area (Å²) in [5.74, 6) is -2.69. The lowest BCUT2D eigenvalue weighted by Gasteiger charge is -2.37. The van der Waals surface area contributed by atoms with Gasteiger partial charge in [-0.25, -0.2) is 14.0 Å². The van der Waals surface area contributed by atoms with Crippen molar-refractivity contribution in [3.05, 3.63) is 59.4 Å². The second-order valence-corrected chi connectivity index (χ2v) is 9.92. The molecular weight excluding hydrogens is 548 g/mol. The third-order valence-corrected chi connectivity index (χ3v) is 6.09. The number of amides is 3. The number of likely N-dealkylation sites (tertiary alicyclic amines) is 1. The number of urea groups is 1. The number of anilines is 1. The van der Waals surface area contributed by atoms with E-state index in [0.29, 0.717) is 17.8 Å². The molecular formula is C28H36F4N4O5. The molecule has 41 heavy (non-hydrogen) atoms. The van der Waals surface area contributed by atoms with E-state index in [0.717, 1.165) is 37.2 Å². The Hall–Kier alpha value is -3.87. The molecule has 9 nitrogen and oxygen atoms in total. The smallest absolute Gasteiger partial charge is 0.490 e. The lowest BCUT2D eigenvalue weighted by atomic mass is 10.0. The van der Waals surface area contributed by atoms with Gasteiger partial charge in [-0.2, -0.15) is 13.2 Å². The lowest BCUT2D eigenvalue weighted by Crippen LogP contribution is -2.49. The Morgan fingerprint density at radius 3 is 2.20 bits per heavy atom. The highest BCUT2D eigenvalue weighted by Crippen LogP contribution is 2.24. The highest BCUT2D eigenvalue weighted by atomic mass is 19.4. The average Bonchev–Trinajstić information content (AvgIpc) is 2.87. The van der Waals surface area contributed by atoms with Crippen molar-refractivity contribution in [2.75, 3.05) is 25.5 Å². The molecule has 2 aromatic carbocycles. The van der Waals surface area contributed by atoms with Gasteiger partial charge in [0.25, 0.3) is 0 Å². The maximum absolute atomic E-state index is 13.8. The molecule has 0 atom stereocenters. The Morgan fingerprint density at radius 1 is 1.10 bits per heavy atom. The van der Waals surface area contributed by atoms with E-state index in [1.807, 2.05) is 43.0 Å². The van der Waals surface area contributed by atoms with Crippen LogP contribution in [0.4, 0.5) is 28.0 Å². The summed E-state index contributed by atoms with van der Waals surface area (Å²) in [4.78, 5) is 37.9. The first kappa shape index (κ1) is 33.3. The molecule has 1 aliphatic rings. The zero-order valence-electron chi connectivity index (χ0n) is 23.4. The van der Waals surface area contributed by atoms with Crippen LogP contribution in [0.15, 0.2) is 42.5 Å². The number of nitrogens with one attached hydrogen (secondary N) is 2. The molecule has 226 valence electrons. The van der Waals surface area contributed by atoms with Crippen LogP contribution in [-0.2, 0) is 22.7 Å². The van der Waals surface area contributed by atoms with Crippen molar-refractivity contribution in [3.63, 3.8) is 0 Å². The van der Waals surface area contributed by atoms with Gasteiger partial charge in [0.15, 0.2) is 0 Å². The molecule has 0 saturated carbocycles. The average molecular weight is 585 g/mol. The molecule has 0 unspecified atom stereocenters. The molecule has 0 aromatic heterocycles. The quantitative estimate of drug-likeness (QED) is 0.376. The fourth-order valence-electron chi connectivity index (χ4n) is 4.09. The number of nitrogens with zero attached hydrogens (tertiary/aromatic N) is 2. The van der Waals surface area contributed by atoms with Crippen molar-refractivity contribution < 1.29 is 41.8 Å². The van der Waals surface area contributed by atoms with Gasteiger partial charge in [-0.15, -0.1) is 0 Å². The third kappa shape index (κ3) is 11.6. The topological polar surface area (TPSA) is 111 Å². The van der Waals surface area contributed by atoms with Crippen LogP contribution in [0.25, 0.3) is 0 Å². The van der Waals surface area contributed by atoms with E-state index in [4.69, 9.17) is 14.6 Å². The van der Waals surface area contributed by atoms with Gasteiger partial charge in [0, 0.05) is 31.7 Å². The first-order chi connectivity index (χ1) is 19.1. The van der Waals surface area contributed by atoms with Crippen LogP contribution in [0.3, 0.4) is 0 Å². The molecule has 1 fully saturated rings. The second-order valence-electron chi connectivity index (χ2n) is 9.92. The van der Waals surface area contributed by atoms with Gasteiger partial charge >= 0.3 is 18.2 Å². The van der Waals surface area contributed by atoms with Crippen LogP contribution >= 0.6 is 0 Å². The Kier molecular flexibility index (Phi) is 12.4. The molecule has 3 rings (SSSR count). The Balaban J connectivity index is 0.000000745. The van der Waals surface area contributed by atoms with Crippen LogP contribution in [0.5, 0.6) is 5.75 Å². The third-order valence-electron chi connectivity index (χ3n) is 6.09. The maximum Gasteiger partial charge on any atom is 0.490 e. The van der Waals surface area contributed by atoms with Crippen molar-refractivity contribution in [2.45, 2.75) is 65.0 Å². The van der Waals surface area contributed by atoms with Gasteiger partial charge in [0.1, 0.15) is 11.6 Å². The number of rotatable bonds is 8. The highest BCUT2D eigenvalue weighted by molar-refractivity contribution is 5.89. The number of carboxylic acid groups (broad SMARTS) is 1. The summed E-state index contributed by atoms with van der Waals surface area (Å²) in [6, 6.07) is 11.8. The standard InChI is InChI=1S/C26H35FN4O3.C2HF3O2/c1-18(2)34-24-9-5-20(6-10-24)16-28-26(33)31(23-11-13-30(4)14-12-23)17-21-7-8-22(27)15-25(21)29-19(3)32;3-2(4,5)1(6)7/h5-10,15,18,23H,11-14,16-17H2,1-4H3,(H,28,33)(H,29,32);(H,6,7). The van der Waals surface area contributed by atoms with Gasteiger partial charge in [-0.3, -0.25) is 4.79 Å². The zero-order valence-corrected chi connectivity index (χ0v) is 23.4. The van der Waals surface area contributed by atoms with Crippen molar-refractivity contribution >= 4 is 23.6 Å². The zero-order chi connectivity index (χ0) is 30.7. The highest BCUT2D eigenvalue weighted by Gasteiger charge is 2.38. The van der Waals surface area contributed by atoms with E-state index < -0.39 is 18.0 Å². The predicted molar refractivity (Wildman–Crippen MR) is 145 cm³/mol. The SMILES string of the molecule is CC(=O)Nc1cc(F)ccc1CN(C(=O)NCc1ccc(OC(C)C)cc1)C1CCN(C)CC1.O=C(O)C(F)(F)F. The molecule has 3 N–H and O–H groups in total. The normalized spacial score (nSPS) is 14.1. The molecule has 0 spiro atoms. The minimum Gasteiger partial charge on any atom is -0.491 e. The fourth-order valence-corrected chi connectivity index (χ4v) is 4.09. The van der Waals surface area contributed by atoms with Gasteiger partial charge in [0.2, 0.25) is 5.91 Å². The Labute approximate surface area is 236 Å². The van der Waals surface area contributed by atoms with E-state index >= 15 is 0 Å². The first-order valence-corrected chi connectivity index (χ1v) is 13.0. The van der Waals surface area contributed by atoms with Crippen LogP contribution in [-0.4, -0.2) is 71.3 Å². The first-order valence-electron chi connectivity index (χ1n) is 13.0. The minimum atomic E-state index is -5.08. The monoisotopic (exact) mass is 584 g/mol. The van der Waals surface area contributed by atoms with Gasteiger partial charge < -0.3 is 30.3 Å². The number of benzene rings is 2. The van der Waals surface area contributed by atoms with Crippen LogP contribution in [0.2, 0.25) is 0 Å². The van der Waals surface area contributed by atoms with Gasteiger partial charge in [-0.05, 0) is 82.2 Å². The molecule has 13 heteroatoms. The van der Waals surface area contributed by atoms with Crippen molar-refractivity contribution in [1.29, 1.82) is 0 Å². The Bertz CT molecular complexity index is 1170. The van der Waals surface area contributed by atoms with Crippen molar-refractivity contribution in [3.8, 4) is 5.75 Å². The fraction of sp³-hybridized carbons (Fsp3) is 0.464. The number of carboxylic acids is 1. The molecule has 2 aromatic rings. The van der Waals surface area contributed by atoms with E-state index in [-0.39, 0.29) is 30.6 Å². The van der Waals surface area contributed by atoms with Crippen molar-refractivity contribution in [1.82, 2.24) is 15.1 Å². The summed E-state index contributed by atoms with van der Waals surface area (Å²) in [6.45, 7) is 7.78. The minimum absolute atomic E-state index is 0.0493. The summed E-state index contributed by atoms with van der Waals surface area (Å²) in [5, 5.41) is 12.8. The van der Waals surface area contributed by atoms with Gasteiger partial charge in [-0.1, -0.05) is 18.2 Å². The number of halogens is 4. The summed E-state index contributed by atoms with van der Waals surface area (Å²) >= 11 is 0. The van der Waals surface area contributed by atoms with E-state index in [1.54, 1.807) is 6.07 Å². The van der Waals surface area contributed by atoms with Crippen LogP contribution < -0.4 is 15.4 Å². The molecule has 1 saturated heterocycles. The molecule has 0 aliphatic carbocycles. The van der Waals surface area contributed by atoms with E-state index in [2.05, 4.69) is 22.6 Å².